The van der Waals surface area contributed by atoms with Crippen molar-refractivity contribution in [2.75, 3.05) is 5.32 Å². The van der Waals surface area contributed by atoms with Crippen LogP contribution in [-0.2, 0) is 6.54 Å². The summed E-state index contributed by atoms with van der Waals surface area (Å²) in [6.45, 7) is 2.31. The van der Waals surface area contributed by atoms with E-state index in [4.69, 9.17) is 11.6 Å². The molecule has 0 heterocycles. The number of benzene rings is 2. The Morgan fingerprint density at radius 1 is 1.26 bits per heavy atom. The van der Waals surface area contributed by atoms with E-state index in [0.717, 1.165) is 11.3 Å². The average Bonchev–Trinajstić information content (AvgIpc) is 2.37. The number of hydrogen-bond donors (Lipinski definition) is 1. The second kappa shape index (κ2) is 5.71. The van der Waals surface area contributed by atoms with Crippen molar-refractivity contribution in [3.8, 4) is 0 Å². The Bertz CT molecular complexity index is 614. The highest BCUT2D eigenvalue weighted by atomic mass is 35.5. The smallest absolute Gasteiger partial charge is 0.274 e. The molecule has 2 rings (SSSR count). The molecule has 2 aromatic rings. The number of anilines is 1. The highest BCUT2D eigenvalue weighted by molar-refractivity contribution is 6.30. The van der Waals surface area contributed by atoms with Crippen molar-refractivity contribution < 1.29 is 4.92 Å². The predicted octanol–water partition coefficient (Wildman–Crippen LogP) is 4.17. The molecule has 0 saturated heterocycles. The summed E-state index contributed by atoms with van der Waals surface area (Å²) in [6, 6.07) is 12.5. The Kier molecular flexibility index (Phi) is 4.02. The largest absolute Gasteiger partial charge is 0.381 e. The Morgan fingerprint density at radius 3 is 2.68 bits per heavy atom. The number of nitrogens with one attached hydrogen (secondary N) is 1. The summed E-state index contributed by atoms with van der Waals surface area (Å²) in [7, 11) is 0. The van der Waals surface area contributed by atoms with Gasteiger partial charge in [0.05, 0.1) is 4.92 Å². The summed E-state index contributed by atoms with van der Waals surface area (Å²) < 4.78 is 0. The SMILES string of the molecule is Cc1c(NCc2cccc(Cl)c2)cccc1[N+](=O)[O-]. The van der Waals surface area contributed by atoms with Crippen LogP contribution in [0.3, 0.4) is 0 Å². The minimum Gasteiger partial charge on any atom is -0.381 e. The minimum absolute atomic E-state index is 0.121. The molecule has 2 aromatic carbocycles. The maximum Gasteiger partial charge on any atom is 0.274 e. The zero-order chi connectivity index (χ0) is 13.8. The molecule has 0 bridgehead atoms. The number of halogens is 1. The monoisotopic (exact) mass is 276 g/mol. The lowest BCUT2D eigenvalue weighted by atomic mass is 10.1. The fourth-order valence-electron chi connectivity index (χ4n) is 1.86. The van der Waals surface area contributed by atoms with Crippen LogP contribution in [0, 0.1) is 17.0 Å². The standard InChI is InChI=1S/C14H13ClN2O2/c1-10-13(6-3-7-14(10)17(18)19)16-9-11-4-2-5-12(15)8-11/h2-8,16H,9H2,1H3. The molecule has 0 saturated carbocycles. The molecule has 0 aliphatic carbocycles. The number of rotatable bonds is 4. The summed E-state index contributed by atoms with van der Waals surface area (Å²) in [5.41, 5.74) is 2.54. The summed E-state index contributed by atoms with van der Waals surface area (Å²) in [4.78, 5) is 10.5. The lowest BCUT2D eigenvalue weighted by Crippen LogP contribution is -2.02. The van der Waals surface area contributed by atoms with Crippen molar-refractivity contribution >= 4 is 23.0 Å². The van der Waals surface area contributed by atoms with E-state index >= 15 is 0 Å². The lowest BCUT2D eigenvalue weighted by Gasteiger charge is -2.09. The van der Waals surface area contributed by atoms with Gasteiger partial charge in [-0.2, -0.15) is 0 Å². The van der Waals surface area contributed by atoms with E-state index in [-0.39, 0.29) is 10.6 Å². The molecule has 98 valence electrons. The fraction of sp³-hybridized carbons (Fsp3) is 0.143. The van der Waals surface area contributed by atoms with Gasteiger partial charge in [0.2, 0.25) is 0 Å². The molecule has 0 amide bonds. The van der Waals surface area contributed by atoms with Crippen LogP contribution in [0.15, 0.2) is 42.5 Å². The van der Waals surface area contributed by atoms with E-state index in [9.17, 15) is 10.1 Å². The van der Waals surface area contributed by atoms with E-state index in [1.807, 2.05) is 30.3 Å². The van der Waals surface area contributed by atoms with Gasteiger partial charge in [0.25, 0.3) is 5.69 Å². The highest BCUT2D eigenvalue weighted by Gasteiger charge is 2.12. The van der Waals surface area contributed by atoms with E-state index in [0.29, 0.717) is 17.1 Å². The first kappa shape index (κ1) is 13.4. The lowest BCUT2D eigenvalue weighted by molar-refractivity contribution is -0.385. The number of hydrogen-bond acceptors (Lipinski definition) is 3. The van der Waals surface area contributed by atoms with Crippen molar-refractivity contribution in [2.24, 2.45) is 0 Å². The summed E-state index contributed by atoms with van der Waals surface area (Å²) in [6.07, 6.45) is 0. The third kappa shape index (κ3) is 3.23. The van der Waals surface area contributed by atoms with Crippen LogP contribution in [0.2, 0.25) is 5.02 Å². The normalized spacial score (nSPS) is 10.2. The molecule has 5 heteroatoms. The molecule has 0 atom stereocenters. The Morgan fingerprint density at radius 2 is 2.00 bits per heavy atom. The van der Waals surface area contributed by atoms with Gasteiger partial charge >= 0.3 is 0 Å². The minimum atomic E-state index is -0.375. The van der Waals surface area contributed by atoms with Gasteiger partial charge in [-0.05, 0) is 30.7 Å². The van der Waals surface area contributed by atoms with Crippen molar-refractivity contribution in [1.29, 1.82) is 0 Å². The van der Waals surface area contributed by atoms with E-state index in [1.54, 1.807) is 13.0 Å². The summed E-state index contributed by atoms with van der Waals surface area (Å²) >= 11 is 5.91. The van der Waals surface area contributed by atoms with Crippen LogP contribution in [-0.4, -0.2) is 4.92 Å². The van der Waals surface area contributed by atoms with Crippen LogP contribution in [0.4, 0.5) is 11.4 Å². The van der Waals surface area contributed by atoms with Gasteiger partial charge in [0, 0.05) is 28.9 Å². The molecule has 0 radical (unpaired) electrons. The van der Waals surface area contributed by atoms with Gasteiger partial charge in [-0.1, -0.05) is 29.8 Å². The van der Waals surface area contributed by atoms with Gasteiger partial charge < -0.3 is 5.32 Å². The second-order valence-corrected chi connectivity index (χ2v) is 4.63. The third-order valence-corrected chi connectivity index (χ3v) is 3.11. The third-order valence-electron chi connectivity index (χ3n) is 2.87. The molecule has 4 nitrogen and oxygen atoms in total. The van der Waals surface area contributed by atoms with Crippen molar-refractivity contribution in [2.45, 2.75) is 13.5 Å². The molecule has 0 spiro atoms. The van der Waals surface area contributed by atoms with Crippen LogP contribution >= 0.6 is 11.6 Å². The van der Waals surface area contributed by atoms with Crippen LogP contribution in [0.25, 0.3) is 0 Å². The van der Waals surface area contributed by atoms with Gasteiger partial charge in [0.1, 0.15) is 0 Å². The van der Waals surface area contributed by atoms with E-state index in [2.05, 4.69) is 5.32 Å². The first-order chi connectivity index (χ1) is 9.08. The van der Waals surface area contributed by atoms with E-state index < -0.39 is 0 Å². The van der Waals surface area contributed by atoms with Gasteiger partial charge in [-0.15, -0.1) is 0 Å². The average molecular weight is 277 g/mol. The van der Waals surface area contributed by atoms with Crippen LogP contribution < -0.4 is 5.32 Å². The van der Waals surface area contributed by atoms with Gasteiger partial charge in [-0.3, -0.25) is 10.1 Å². The first-order valence-electron chi connectivity index (χ1n) is 5.80. The zero-order valence-corrected chi connectivity index (χ0v) is 11.1. The zero-order valence-electron chi connectivity index (χ0n) is 10.4. The van der Waals surface area contributed by atoms with Crippen molar-refractivity contribution in [3.05, 3.63) is 68.7 Å². The Balaban J connectivity index is 2.16. The number of nitrogens with zero attached hydrogens (tertiary/aromatic N) is 1. The molecule has 0 aromatic heterocycles. The molecular weight excluding hydrogens is 264 g/mol. The molecular formula is C14H13ClN2O2. The molecule has 1 N–H and O–H groups in total. The second-order valence-electron chi connectivity index (χ2n) is 4.19. The maximum atomic E-state index is 10.9. The number of nitro benzene ring substituents is 1. The van der Waals surface area contributed by atoms with Crippen LogP contribution in [0.5, 0.6) is 0 Å². The molecule has 0 unspecified atom stereocenters. The highest BCUT2D eigenvalue weighted by Crippen LogP contribution is 2.25. The van der Waals surface area contributed by atoms with Crippen molar-refractivity contribution in [3.63, 3.8) is 0 Å². The summed E-state index contributed by atoms with van der Waals surface area (Å²) in [5, 5.41) is 14.7. The number of nitro groups is 1. The molecule has 0 aliphatic heterocycles. The Labute approximate surface area is 116 Å². The predicted molar refractivity (Wildman–Crippen MR) is 76.6 cm³/mol. The van der Waals surface area contributed by atoms with Gasteiger partial charge in [0.15, 0.2) is 0 Å². The molecule has 19 heavy (non-hydrogen) atoms. The topological polar surface area (TPSA) is 55.2 Å². The Hall–Kier alpha value is -2.07. The quantitative estimate of drug-likeness (QED) is 0.673. The first-order valence-corrected chi connectivity index (χ1v) is 6.18. The molecule has 0 aliphatic rings. The summed E-state index contributed by atoms with van der Waals surface area (Å²) in [5.74, 6) is 0. The van der Waals surface area contributed by atoms with Crippen LogP contribution in [0.1, 0.15) is 11.1 Å². The fourth-order valence-corrected chi connectivity index (χ4v) is 2.07. The maximum absolute atomic E-state index is 10.9. The molecule has 0 fully saturated rings. The van der Waals surface area contributed by atoms with Gasteiger partial charge in [-0.25, -0.2) is 0 Å². The van der Waals surface area contributed by atoms with Crippen molar-refractivity contribution in [1.82, 2.24) is 0 Å². The van der Waals surface area contributed by atoms with E-state index in [1.165, 1.54) is 6.07 Å².